The minimum Gasteiger partial charge on any atom is -0.478 e. The molecule has 9 heteroatoms. The zero-order valence-electron chi connectivity index (χ0n) is 17.7. The first-order chi connectivity index (χ1) is 15.5. The summed E-state index contributed by atoms with van der Waals surface area (Å²) in [5.74, 6) is -1.11. The standard InChI is InChI=1S/C23H25N3O6/c1-15(22(28)24-16-6-8-17(9-7-16)26-10-12-30-13-11-26)31-21(27)14-20-23(29)25-18-4-2-3-5-19(18)32-20/h2-9,15,20H,10-14H2,1H3,(H,24,28)(H,25,29)/t15-,20+/m1/s1. The molecule has 2 aromatic carbocycles. The first-order valence-electron chi connectivity index (χ1n) is 10.5. The third-order valence-corrected chi connectivity index (χ3v) is 5.25. The van der Waals surface area contributed by atoms with Crippen LogP contribution in [0.4, 0.5) is 17.1 Å². The van der Waals surface area contributed by atoms with Crippen LogP contribution >= 0.6 is 0 Å². The Hall–Kier alpha value is -3.59. The van der Waals surface area contributed by atoms with Gasteiger partial charge in [-0.3, -0.25) is 14.4 Å². The number of para-hydroxylation sites is 2. The molecule has 168 valence electrons. The number of nitrogens with one attached hydrogen (secondary N) is 2. The number of nitrogens with zero attached hydrogens (tertiary/aromatic N) is 1. The first-order valence-corrected chi connectivity index (χ1v) is 10.5. The van der Waals surface area contributed by atoms with E-state index in [1.807, 2.05) is 12.1 Å². The van der Waals surface area contributed by atoms with Crippen molar-refractivity contribution in [2.75, 3.05) is 41.8 Å². The van der Waals surface area contributed by atoms with Crippen LogP contribution in [0.2, 0.25) is 0 Å². The maximum atomic E-state index is 12.4. The van der Waals surface area contributed by atoms with E-state index in [1.54, 1.807) is 36.4 Å². The maximum Gasteiger partial charge on any atom is 0.310 e. The number of benzene rings is 2. The molecule has 4 rings (SSSR count). The largest absolute Gasteiger partial charge is 0.478 e. The van der Waals surface area contributed by atoms with E-state index in [4.69, 9.17) is 14.2 Å². The molecule has 0 aliphatic carbocycles. The predicted molar refractivity (Wildman–Crippen MR) is 118 cm³/mol. The van der Waals surface area contributed by atoms with E-state index in [-0.39, 0.29) is 6.42 Å². The lowest BCUT2D eigenvalue weighted by Gasteiger charge is -2.29. The summed E-state index contributed by atoms with van der Waals surface area (Å²) in [6, 6.07) is 14.4. The average molecular weight is 439 g/mol. The monoisotopic (exact) mass is 439 g/mol. The molecule has 2 aliphatic heterocycles. The fraction of sp³-hybridized carbons (Fsp3) is 0.348. The maximum absolute atomic E-state index is 12.4. The number of esters is 1. The van der Waals surface area contributed by atoms with Crippen LogP contribution in [0, 0.1) is 0 Å². The first kappa shape index (κ1) is 21.6. The lowest BCUT2D eigenvalue weighted by Crippen LogP contribution is -2.40. The summed E-state index contributed by atoms with van der Waals surface area (Å²) in [5.41, 5.74) is 2.20. The summed E-state index contributed by atoms with van der Waals surface area (Å²) in [5, 5.41) is 5.42. The summed E-state index contributed by atoms with van der Waals surface area (Å²) < 4.78 is 16.2. The van der Waals surface area contributed by atoms with Gasteiger partial charge in [0, 0.05) is 24.5 Å². The molecule has 32 heavy (non-hydrogen) atoms. The van der Waals surface area contributed by atoms with Gasteiger partial charge in [-0.15, -0.1) is 0 Å². The lowest BCUT2D eigenvalue weighted by atomic mass is 10.1. The average Bonchev–Trinajstić information content (AvgIpc) is 2.80. The van der Waals surface area contributed by atoms with Gasteiger partial charge in [0.2, 0.25) is 0 Å². The summed E-state index contributed by atoms with van der Waals surface area (Å²) in [6.45, 7) is 4.52. The van der Waals surface area contributed by atoms with Crippen molar-refractivity contribution in [3.63, 3.8) is 0 Å². The topological polar surface area (TPSA) is 106 Å². The molecule has 9 nitrogen and oxygen atoms in total. The van der Waals surface area contributed by atoms with Gasteiger partial charge in [-0.1, -0.05) is 12.1 Å². The van der Waals surface area contributed by atoms with Crippen LogP contribution in [0.5, 0.6) is 5.75 Å². The Morgan fingerprint density at radius 1 is 1.16 bits per heavy atom. The zero-order chi connectivity index (χ0) is 22.5. The quantitative estimate of drug-likeness (QED) is 0.665. The molecule has 0 aromatic heterocycles. The van der Waals surface area contributed by atoms with Crippen LogP contribution in [0.25, 0.3) is 0 Å². The minimum atomic E-state index is -1.03. The molecule has 2 N–H and O–H groups in total. The molecule has 1 saturated heterocycles. The van der Waals surface area contributed by atoms with E-state index in [1.165, 1.54) is 6.92 Å². The van der Waals surface area contributed by atoms with Gasteiger partial charge in [0.05, 0.1) is 25.3 Å². The highest BCUT2D eigenvalue weighted by molar-refractivity contribution is 6.00. The highest BCUT2D eigenvalue weighted by atomic mass is 16.6. The molecule has 0 bridgehead atoms. The number of carbonyl (C=O) groups is 3. The molecule has 0 saturated carbocycles. The molecule has 1 fully saturated rings. The second-order valence-electron chi connectivity index (χ2n) is 7.56. The molecule has 2 amide bonds. The molecular weight excluding hydrogens is 414 g/mol. The summed E-state index contributed by atoms with van der Waals surface area (Å²) in [4.78, 5) is 39.1. The number of amides is 2. The van der Waals surface area contributed by atoms with Gasteiger partial charge < -0.3 is 29.7 Å². The third-order valence-electron chi connectivity index (χ3n) is 5.25. The van der Waals surface area contributed by atoms with E-state index >= 15 is 0 Å². The van der Waals surface area contributed by atoms with Gasteiger partial charge in [0.25, 0.3) is 11.8 Å². The Bertz CT molecular complexity index is 987. The number of hydrogen-bond acceptors (Lipinski definition) is 7. The summed E-state index contributed by atoms with van der Waals surface area (Å²) >= 11 is 0. The van der Waals surface area contributed by atoms with Crippen molar-refractivity contribution in [3.05, 3.63) is 48.5 Å². The van der Waals surface area contributed by atoms with E-state index in [0.29, 0.717) is 30.3 Å². The van der Waals surface area contributed by atoms with E-state index in [0.717, 1.165) is 18.8 Å². The minimum absolute atomic E-state index is 0.300. The van der Waals surface area contributed by atoms with Crippen molar-refractivity contribution >= 4 is 34.8 Å². The molecule has 0 unspecified atom stereocenters. The second kappa shape index (κ2) is 9.69. The van der Waals surface area contributed by atoms with Crippen molar-refractivity contribution in [1.82, 2.24) is 0 Å². The van der Waals surface area contributed by atoms with E-state index < -0.39 is 30.0 Å². The molecular formula is C23H25N3O6. The Balaban J connectivity index is 1.27. The molecule has 0 spiro atoms. The Labute approximate surface area is 185 Å². The SMILES string of the molecule is C[C@@H](OC(=O)C[C@@H]1Oc2ccccc2NC1=O)C(=O)Nc1ccc(N2CCOCC2)cc1. The normalized spacial score (nSPS) is 18.6. The highest BCUT2D eigenvalue weighted by Crippen LogP contribution is 2.29. The van der Waals surface area contributed by atoms with Gasteiger partial charge >= 0.3 is 5.97 Å². The number of ether oxygens (including phenoxy) is 3. The van der Waals surface area contributed by atoms with Crippen molar-refractivity contribution in [2.24, 2.45) is 0 Å². The van der Waals surface area contributed by atoms with Crippen LogP contribution in [0.1, 0.15) is 13.3 Å². The number of morpholine rings is 1. The zero-order valence-corrected chi connectivity index (χ0v) is 17.7. The second-order valence-corrected chi connectivity index (χ2v) is 7.56. The van der Waals surface area contributed by atoms with Crippen molar-refractivity contribution in [1.29, 1.82) is 0 Å². The summed E-state index contributed by atoms with van der Waals surface area (Å²) in [6.07, 6.45) is -2.34. The van der Waals surface area contributed by atoms with Gasteiger partial charge in [0.1, 0.15) is 5.75 Å². The smallest absolute Gasteiger partial charge is 0.310 e. The lowest BCUT2D eigenvalue weighted by molar-refractivity contribution is -0.155. The highest BCUT2D eigenvalue weighted by Gasteiger charge is 2.31. The van der Waals surface area contributed by atoms with Gasteiger partial charge in [-0.2, -0.15) is 0 Å². The summed E-state index contributed by atoms with van der Waals surface area (Å²) in [7, 11) is 0. The molecule has 2 heterocycles. The van der Waals surface area contributed by atoms with Gasteiger partial charge in [0.15, 0.2) is 12.2 Å². The van der Waals surface area contributed by atoms with Gasteiger partial charge in [-0.25, -0.2) is 0 Å². The van der Waals surface area contributed by atoms with E-state index in [9.17, 15) is 14.4 Å². The fourth-order valence-electron chi connectivity index (χ4n) is 3.50. The van der Waals surface area contributed by atoms with Crippen LogP contribution < -0.4 is 20.3 Å². The van der Waals surface area contributed by atoms with Gasteiger partial charge in [-0.05, 0) is 43.3 Å². The molecule has 2 aromatic rings. The van der Waals surface area contributed by atoms with E-state index in [2.05, 4.69) is 15.5 Å². The third kappa shape index (κ3) is 5.17. The molecule has 2 aliphatic rings. The number of carbonyl (C=O) groups excluding carboxylic acids is 3. The molecule has 0 radical (unpaired) electrons. The van der Waals surface area contributed by atoms with Crippen LogP contribution in [-0.2, 0) is 23.9 Å². The molecule has 2 atom stereocenters. The van der Waals surface area contributed by atoms with Crippen molar-refractivity contribution < 1.29 is 28.6 Å². The van der Waals surface area contributed by atoms with Crippen molar-refractivity contribution in [3.8, 4) is 5.75 Å². The van der Waals surface area contributed by atoms with Crippen LogP contribution in [0.3, 0.4) is 0 Å². The van der Waals surface area contributed by atoms with Crippen LogP contribution in [0.15, 0.2) is 48.5 Å². The number of fused-ring (bicyclic) bond motifs is 1. The van der Waals surface area contributed by atoms with Crippen LogP contribution in [-0.4, -0.2) is 56.3 Å². The number of rotatable bonds is 6. The number of hydrogen-bond donors (Lipinski definition) is 2. The Kier molecular flexibility index (Phi) is 6.55. The fourth-order valence-corrected chi connectivity index (χ4v) is 3.50. The Morgan fingerprint density at radius 3 is 2.62 bits per heavy atom. The number of anilines is 3. The predicted octanol–water partition coefficient (Wildman–Crippen LogP) is 2.18. The Morgan fingerprint density at radius 2 is 1.88 bits per heavy atom. The van der Waals surface area contributed by atoms with Crippen molar-refractivity contribution in [2.45, 2.75) is 25.6 Å².